The highest BCUT2D eigenvalue weighted by atomic mass is 16.5. The number of hydrogen-bond donors (Lipinski definition) is 0. The molecule has 0 saturated carbocycles. The summed E-state index contributed by atoms with van der Waals surface area (Å²) in [5.41, 5.74) is 3.35. The van der Waals surface area contributed by atoms with Crippen LogP contribution in [0.4, 0.5) is 0 Å². The number of nitrogens with zero attached hydrogens (tertiary/aromatic N) is 7. The number of piperazine rings is 2. The minimum absolute atomic E-state index is 0.00328. The lowest BCUT2D eigenvalue weighted by Crippen LogP contribution is -2.67. The van der Waals surface area contributed by atoms with Crippen LogP contribution in [0, 0.1) is 5.21 Å². The predicted octanol–water partition coefficient (Wildman–Crippen LogP) is 3.54. The molecule has 0 radical (unpaired) electrons. The maximum Gasteiger partial charge on any atom is 0.323 e. The topological polar surface area (TPSA) is 120 Å². The first-order chi connectivity index (χ1) is 23.3. The number of hydrogen-bond acceptors (Lipinski definition) is 10. The number of carbonyl (C=O) groups is 1. The van der Waals surface area contributed by atoms with Gasteiger partial charge in [-0.15, -0.1) is 0 Å². The van der Waals surface area contributed by atoms with Gasteiger partial charge in [0.1, 0.15) is 0 Å². The normalized spacial score (nSPS) is 18.5. The molecule has 2 atom stereocenters. The van der Waals surface area contributed by atoms with E-state index in [0.29, 0.717) is 55.8 Å². The van der Waals surface area contributed by atoms with Crippen molar-refractivity contribution in [2.45, 2.75) is 51.4 Å². The minimum atomic E-state index is -0.245. The Morgan fingerprint density at radius 3 is 2.29 bits per heavy atom. The summed E-state index contributed by atoms with van der Waals surface area (Å²) in [7, 11) is 1.59. The van der Waals surface area contributed by atoms with Gasteiger partial charge >= 0.3 is 6.01 Å². The van der Waals surface area contributed by atoms with Crippen LogP contribution < -0.4 is 18.9 Å². The van der Waals surface area contributed by atoms with Gasteiger partial charge in [-0.3, -0.25) is 14.6 Å². The van der Waals surface area contributed by atoms with Crippen molar-refractivity contribution < 1.29 is 23.7 Å². The Kier molecular flexibility index (Phi) is 10.3. The molecule has 1 amide bonds. The molecular formula is C36H43N7O5. The second-order valence-corrected chi connectivity index (χ2v) is 12.4. The SMILES string of the molecule is CCOc1nc(OC)c(CN2CC(C(c3ccccc3)c3ccccc3)N3CCN(C(=O)c4c[n+]([O-])ccn4)C[C@H]3C2)c(OC(C)C)n1. The van der Waals surface area contributed by atoms with Gasteiger partial charge < -0.3 is 24.3 Å². The molecule has 0 spiro atoms. The summed E-state index contributed by atoms with van der Waals surface area (Å²) >= 11 is 0. The van der Waals surface area contributed by atoms with E-state index in [9.17, 15) is 10.0 Å². The van der Waals surface area contributed by atoms with Crippen LogP contribution in [-0.2, 0) is 6.54 Å². The molecular weight excluding hydrogens is 610 g/mol. The average molecular weight is 654 g/mol. The lowest BCUT2D eigenvalue weighted by atomic mass is 9.81. The van der Waals surface area contributed by atoms with Gasteiger partial charge in [-0.2, -0.15) is 14.7 Å². The number of fused-ring (bicyclic) bond motifs is 1. The number of methoxy groups -OCH3 is 1. The first-order valence-electron chi connectivity index (χ1n) is 16.5. The lowest BCUT2D eigenvalue weighted by Gasteiger charge is -2.53. The Balaban J connectivity index is 1.38. The molecule has 6 rings (SSSR count). The van der Waals surface area contributed by atoms with Crippen molar-refractivity contribution in [1.29, 1.82) is 0 Å². The fourth-order valence-electron chi connectivity index (χ4n) is 6.89. The van der Waals surface area contributed by atoms with E-state index in [1.165, 1.54) is 29.7 Å². The highest BCUT2D eigenvalue weighted by molar-refractivity contribution is 5.91. The van der Waals surface area contributed by atoms with Crippen LogP contribution in [-0.4, -0.2) is 100 Å². The zero-order valence-corrected chi connectivity index (χ0v) is 27.9. The molecule has 1 unspecified atom stereocenters. The minimum Gasteiger partial charge on any atom is -0.619 e. The standard InChI is InChI=1S/C36H43N7O5/c1-5-47-36-38-33(46-4)29(34(39-36)48-25(2)3)22-40-20-28-21-41(35(44)30-23-42(45)17-16-37-30)18-19-43(28)31(24-40)32(26-12-8-6-9-13-26)27-14-10-7-11-15-27/h6-17,23,25,28,31-32H,5,18-22,24H2,1-4H3/t28-,31?/m1/s1. The Bertz CT molecular complexity index is 1640. The molecule has 0 bridgehead atoms. The predicted molar refractivity (Wildman–Crippen MR) is 179 cm³/mol. The van der Waals surface area contributed by atoms with E-state index in [4.69, 9.17) is 14.2 Å². The van der Waals surface area contributed by atoms with Gasteiger partial charge in [0.15, 0.2) is 11.9 Å². The molecule has 2 aromatic heterocycles. The average Bonchev–Trinajstić information content (AvgIpc) is 3.09. The maximum absolute atomic E-state index is 13.6. The van der Waals surface area contributed by atoms with Gasteiger partial charge in [-0.1, -0.05) is 60.7 Å². The zero-order chi connectivity index (χ0) is 33.6. The van der Waals surface area contributed by atoms with Crippen molar-refractivity contribution in [2.24, 2.45) is 0 Å². The van der Waals surface area contributed by atoms with E-state index in [2.05, 4.69) is 73.3 Å². The lowest BCUT2D eigenvalue weighted by molar-refractivity contribution is -0.606. The van der Waals surface area contributed by atoms with Crippen LogP contribution in [0.1, 0.15) is 53.9 Å². The molecule has 0 aliphatic carbocycles. The molecule has 48 heavy (non-hydrogen) atoms. The summed E-state index contributed by atoms with van der Waals surface area (Å²) in [6, 6.07) is 21.5. The van der Waals surface area contributed by atoms with Crippen LogP contribution >= 0.6 is 0 Å². The van der Waals surface area contributed by atoms with Crippen molar-refractivity contribution in [3.05, 3.63) is 107 Å². The van der Waals surface area contributed by atoms with E-state index < -0.39 is 0 Å². The van der Waals surface area contributed by atoms with E-state index in [0.717, 1.165) is 12.1 Å². The molecule has 0 N–H and O–H groups in total. The number of carbonyl (C=O) groups excluding carboxylic acids is 1. The van der Waals surface area contributed by atoms with E-state index >= 15 is 0 Å². The van der Waals surface area contributed by atoms with Crippen LogP contribution in [0.2, 0.25) is 0 Å². The van der Waals surface area contributed by atoms with Crippen LogP contribution in [0.15, 0.2) is 79.3 Å². The first-order valence-corrected chi connectivity index (χ1v) is 16.5. The van der Waals surface area contributed by atoms with Gasteiger partial charge in [-0.25, -0.2) is 4.98 Å². The van der Waals surface area contributed by atoms with Crippen LogP contribution in [0.5, 0.6) is 17.8 Å². The quantitative estimate of drug-likeness (QED) is 0.176. The zero-order valence-electron chi connectivity index (χ0n) is 27.9. The van der Waals surface area contributed by atoms with Gasteiger partial charge in [0.2, 0.25) is 18.0 Å². The third-order valence-corrected chi connectivity index (χ3v) is 8.86. The molecule has 252 valence electrons. The second-order valence-electron chi connectivity index (χ2n) is 12.4. The molecule has 4 aromatic rings. The molecule has 2 aromatic carbocycles. The van der Waals surface area contributed by atoms with Gasteiger partial charge in [0, 0.05) is 57.3 Å². The molecule has 2 fully saturated rings. The number of aromatic nitrogens is 4. The molecule has 12 heteroatoms. The highest BCUT2D eigenvalue weighted by Crippen LogP contribution is 2.37. The molecule has 12 nitrogen and oxygen atoms in total. The van der Waals surface area contributed by atoms with Crippen molar-refractivity contribution >= 4 is 5.91 Å². The van der Waals surface area contributed by atoms with Crippen molar-refractivity contribution in [2.75, 3.05) is 46.4 Å². The summed E-state index contributed by atoms with van der Waals surface area (Å²) in [6.07, 6.45) is 3.75. The monoisotopic (exact) mass is 653 g/mol. The van der Waals surface area contributed by atoms with E-state index in [-0.39, 0.29) is 41.7 Å². The third-order valence-electron chi connectivity index (χ3n) is 8.86. The Labute approximate surface area is 281 Å². The second kappa shape index (κ2) is 15.0. The summed E-state index contributed by atoms with van der Waals surface area (Å²) in [4.78, 5) is 33.7. The molecule has 4 heterocycles. The Morgan fingerprint density at radius 1 is 0.979 bits per heavy atom. The molecule has 2 aliphatic heterocycles. The fraction of sp³-hybridized carbons (Fsp3) is 0.417. The number of ether oxygens (including phenoxy) is 3. The fourth-order valence-corrected chi connectivity index (χ4v) is 6.89. The Morgan fingerprint density at radius 2 is 1.67 bits per heavy atom. The number of benzene rings is 2. The summed E-state index contributed by atoms with van der Waals surface area (Å²) in [6.45, 7) is 9.82. The first kappa shape index (κ1) is 33.1. The van der Waals surface area contributed by atoms with Crippen molar-refractivity contribution in [3.8, 4) is 17.8 Å². The summed E-state index contributed by atoms with van der Waals surface area (Å²) in [5, 5.41) is 12.0. The van der Waals surface area contributed by atoms with E-state index in [1.807, 2.05) is 37.8 Å². The smallest absolute Gasteiger partial charge is 0.323 e. The van der Waals surface area contributed by atoms with Gasteiger partial charge in [-0.05, 0) is 31.9 Å². The van der Waals surface area contributed by atoms with Gasteiger partial charge in [0.25, 0.3) is 5.91 Å². The van der Waals surface area contributed by atoms with Crippen molar-refractivity contribution in [1.82, 2.24) is 29.7 Å². The molecule has 2 aliphatic rings. The van der Waals surface area contributed by atoms with Gasteiger partial charge in [0.05, 0.1) is 31.6 Å². The maximum atomic E-state index is 13.6. The van der Waals surface area contributed by atoms with Crippen LogP contribution in [0.25, 0.3) is 0 Å². The molecule has 2 saturated heterocycles. The van der Waals surface area contributed by atoms with Crippen LogP contribution in [0.3, 0.4) is 0 Å². The summed E-state index contributed by atoms with van der Waals surface area (Å²) in [5.74, 6) is 0.668. The third kappa shape index (κ3) is 7.34. The largest absolute Gasteiger partial charge is 0.619 e. The number of amides is 1. The Hall–Kier alpha value is -4.81. The highest BCUT2D eigenvalue weighted by Gasteiger charge is 2.44. The van der Waals surface area contributed by atoms with Crippen molar-refractivity contribution in [3.63, 3.8) is 0 Å². The number of rotatable bonds is 11. The summed E-state index contributed by atoms with van der Waals surface area (Å²) < 4.78 is 18.3. The van der Waals surface area contributed by atoms with E-state index in [1.54, 1.807) is 7.11 Å².